The number of thioether (sulfide) groups is 1. The molecule has 0 aliphatic carbocycles. The van der Waals surface area contributed by atoms with E-state index in [0.29, 0.717) is 24.8 Å². The fraction of sp³-hybridized carbons (Fsp3) is 0.385. The average molecular weight is 340 g/mol. The Morgan fingerprint density at radius 3 is 2.95 bits per heavy atom. The van der Waals surface area contributed by atoms with Crippen LogP contribution in [0.1, 0.15) is 6.92 Å². The Labute approximate surface area is 136 Å². The lowest BCUT2D eigenvalue weighted by Crippen LogP contribution is -2.22. The van der Waals surface area contributed by atoms with Gasteiger partial charge in [-0.3, -0.25) is 4.79 Å². The molecule has 2 rings (SSSR count). The first-order valence-corrected chi connectivity index (χ1v) is 8.26. The van der Waals surface area contributed by atoms with E-state index in [9.17, 15) is 4.79 Å². The summed E-state index contributed by atoms with van der Waals surface area (Å²) < 4.78 is 11.0. The largest absolute Gasteiger partial charge is 0.475 e. The lowest BCUT2D eigenvalue weighted by Gasteiger charge is -2.10. The van der Waals surface area contributed by atoms with Crippen molar-refractivity contribution in [1.29, 1.82) is 0 Å². The summed E-state index contributed by atoms with van der Waals surface area (Å²) in [4.78, 5) is 16.2. The molecule has 2 aromatic rings. The van der Waals surface area contributed by atoms with Crippen LogP contribution in [0, 0.1) is 0 Å². The number of hydrogen-bond acceptors (Lipinski definition) is 8. The van der Waals surface area contributed by atoms with E-state index in [1.165, 1.54) is 23.1 Å². The summed E-state index contributed by atoms with van der Waals surface area (Å²) in [5.41, 5.74) is 2.26. The zero-order valence-electron chi connectivity index (χ0n) is 12.2. The van der Waals surface area contributed by atoms with E-state index in [2.05, 4.69) is 20.5 Å². The van der Waals surface area contributed by atoms with Gasteiger partial charge in [-0.25, -0.2) is 4.98 Å². The molecule has 1 atom stereocenters. The fourth-order valence-electron chi connectivity index (χ4n) is 1.43. The van der Waals surface area contributed by atoms with Gasteiger partial charge in [-0.2, -0.15) is 0 Å². The zero-order valence-corrected chi connectivity index (χ0v) is 13.8. The summed E-state index contributed by atoms with van der Waals surface area (Å²) in [6, 6.07) is 3.45. The Kier molecular flexibility index (Phi) is 6.56. The van der Waals surface area contributed by atoms with Gasteiger partial charge in [0.05, 0.1) is 23.7 Å². The second-order valence-electron chi connectivity index (χ2n) is 4.18. The van der Waals surface area contributed by atoms with Crippen LogP contribution in [0.4, 0.5) is 5.69 Å². The van der Waals surface area contributed by atoms with Crippen LogP contribution in [-0.2, 0) is 9.53 Å². The highest BCUT2D eigenvalue weighted by molar-refractivity contribution is 8.02. The van der Waals surface area contributed by atoms with Crippen LogP contribution in [0.5, 0.6) is 5.88 Å². The van der Waals surface area contributed by atoms with Crippen LogP contribution < -0.4 is 10.1 Å². The number of aromatic nitrogens is 3. The average Bonchev–Trinajstić information content (AvgIpc) is 3.02. The number of nitrogens with one attached hydrogen (secondary N) is 1. The van der Waals surface area contributed by atoms with Gasteiger partial charge in [-0.1, -0.05) is 23.1 Å². The maximum absolute atomic E-state index is 12.1. The summed E-state index contributed by atoms with van der Waals surface area (Å²) in [5, 5.41) is 10.2. The molecule has 0 aliphatic heterocycles. The molecule has 1 N–H and O–H groups in total. The summed E-state index contributed by atoms with van der Waals surface area (Å²) in [5.74, 6) is 0.376. The van der Waals surface area contributed by atoms with Crippen molar-refractivity contribution in [2.24, 2.45) is 0 Å². The minimum atomic E-state index is -0.273. The summed E-state index contributed by atoms with van der Waals surface area (Å²) in [6.45, 7) is 2.75. The quantitative estimate of drug-likeness (QED) is 0.581. The monoisotopic (exact) mass is 340 g/mol. The van der Waals surface area contributed by atoms with Crippen LogP contribution in [0.15, 0.2) is 28.2 Å². The highest BCUT2D eigenvalue weighted by atomic mass is 32.2. The molecule has 2 aromatic heterocycles. The van der Waals surface area contributed by atoms with Crippen LogP contribution in [0.25, 0.3) is 0 Å². The van der Waals surface area contributed by atoms with Crippen molar-refractivity contribution in [1.82, 2.24) is 15.2 Å². The maximum atomic E-state index is 12.1. The third-order valence-corrected chi connectivity index (χ3v) is 4.44. The van der Waals surface area contributed by atoms with Gasteiger partial charge in [0.15, 0.2) is 4.34 Å². The molecule has 22 heavy (non-hydrogen) atoms. The summed E-state index contributed by atoms with van der Waals surface area (Å²) in [7, 11) is 1.61. The van der Waals surface area contributed by atoms with Gasteiger partial charge in [0.2, 0.25) is 11.8 Å². The molecule has 0 fully saturated rings. The van der Waals surface area contributed by atoms with Crippen molar-refractivity contribution < 1.29 is 14.3 Å². The molecular weight excluding hydrogens is 324 g/mol. The molecule has 0 saturated heterocycles. The molecule has 0 bridgehead atoms. The van der Waals surface area contributed by atoms with Crippen molar-refractivity contribution in [3.05, 3.63) is 23.8 Å². The molecular formula is C13H16N4O3S2. The predicted octanol–water partition coefficient (Wildman–Crippen LogP) is 2.08. The van der Waals surface area contributed by atoms with Gasteiger partial charge in [0.25, 0.3) is 0 Å². The molecule has 0 unspecified atom stereocenters. The third-order valence-electron chi connectivity index (χ3n) is 2.53. The standard InChI is InChI=1S/C13H16N4O3S2/c1-9(22-13-17-15-8-21-13)12(18)16-10-3-4-11(14-7-10)20-6-5-19-2/h3-4,7-9H,5-6H2,1-2H3,(H,16,18)/t9-/m0/s1. The predicted molar refractivity (Wildman–Crippen MR) is 85.5 cm³/mol. The van der Waals surface area contributed by atoms with Gasteiger partial charge in [0, 0.05) is 13.2 Å². The van der Waals surface area contributed by atoms with Crippen LogP contribution in [0.2, 0.25) is 0 Å². The zero-order chi connectivity index (χ0) is 15.8. The molecule has 9 heteroatoms. The van der Waals surface area contributed by atoms with Gasteiger partial charge >= 0.3 is 0 Å². The van der Waals surface area contributed by atoms with E-state index in [4.69, 9.17) is 9.47 Å². The molecule has 0 radical (unpaired) electrons. The molecule has 1 amide bonds. The number of rotatable bonds is 8. The minimum absolute atomic E-state index is 0.116. The van der Waals surface area contributed by atoms with Crippen molar-refractivity contribution >= 4 is 34.7 Å². The molecule has 7 nitrogen and oxygen atoms in total. The second kappa shape index (κ2) is 8.66. The van der Waals surface area contributed by atoms with E-state index >= 15 is 0 Å². The number of nitrogens with zero attached hydrogens (tertiary/aromatic N) is 3. The highest BCUT2D eigenvalue weighted by Crippen LogP contribution is 2.25. The first-order chi connectivity index (χ1) is 10.7. The SMILES string of the molecule is COCCOc1ccc(NC(=O)[C@H](C)Sc2nncs2)cn1. The van der Waals surface area contributed by atoms with Crippen molar-refractivity contribution in [2.75, 3.05) is 25.6 Å². The molecule has 0 aromatic carbocycles. The van der Waals surface area contributed by atoms with Gasteiger partial charge < -0.3 is 14.8 Å². The van der Waals surface area contributed by atoms with Gasteiger partial charge in [0.1, 0.15) is 12.1 Å². The Morgan fingerprint density at radius 2 is 2.32 bits per heavy atom. The van der Waals surface area contributed by atoms with E-state index in [0.717, 1.165) is 4.34 Å². The number of anilines is 1. The number of ether oxygens (including phenoxy) is 2. The van der Waals surface area contributed by atoms with Crippen molar-refractivity contribution in [2.45, 2.75) is 16.5 Å². The van der Waals surface area contributed by atoms with Crippen LogP contribution in [-0.4, -0.2) is 46.7 Å². The number of hydrogen-bond donors (Lipinski definition) is 1. The Balaban J connectivity index is 1.83. The normalized spacial score (nSPS) is 11.9. The van der Waals surface area contributed by atoms with E-state index in [1.807, 2.05) is 6.92 Å². The smallest absolute Gasteiger partial charge is 0.237 e. The Bertz CT molecular complexity index is 577. The topological polar surface area (TPSA) is 86.2 Å². The first-order valence-electron chi connectivity index (χ1n) is 6.50. The molecule has 118 valence electrons. The molecule has 2 heterocycles. The summed E-state index contributed by atoms with van der Waals surface area (Å²) >= 11 is 2.78. The van der Waals surface area contributed by atoms with E-state index in [1.54, 1.807) is 30.9 Å². The number of carbonyl (C=O) groups excluding carboxylic acids is 1. The highest BCUT2D eigenvalue weighted by Gasteiger charge is 2.16. The maximum Gasteiger partial charge on any atom is 0.237 e. The second-order valence-corrected chi connectivity index (χ2v) is 6.60. The Hall–Kier alpha value is -1.71. The number of carbonyl (C=O) groups is 1. The summed E-state index contributed by atoms with van der Waals surface area (Å²) in [6.07, 6.45) is 1.56. The van der Waals surface area contributed by atoms with Gasteiger partial charge in [-0.05, 0) is 13.0 Å². The van der Waals surface area contributed by atoms with Crippen LogP contribution >= 0.6 is 23.1 Å². The van der Waals surface area contributed by atoms with E-state index < -0.39 is 0 Å². The van der Waals surface area contributed by atoms with Crippen LogP contribution in [0.3, 0.4) is 0 Å². The first kappa shape index (κ1) is 16.7. The lowest BCUT2D eigenvalue weighted by atomic mass is 10.3. The molecule has 0 aliphatic rings. The van der Waals surface area contributed by atoms with Crippen molar-refractivity contribution in [3.8, 4) is 5.88 Å². The number of methoxy groups -OCH3 is 1. The Morgan fingerprint density at radius 1 is 1.45 bits per heavy atom. The van der Waals surface area contributed by atoms with Crippen molar-refractivity contribution in [3.63, 3.8) is 0 Å². The molecule has 0 saturated carbocycles. The van der Waals surface area contributed by atoms with E-state index in [-0.39, 0.29) is 11.2 Å². The number of amides is 1. The fourth-order valence-corrected chi connectivity index (χ4v) is 3.06. The lowest BCUT2D eigenvalue weighted by molar-refractivity contribution is -0.115. The minimum Gasteiger partial charge on any atom is -0.475 e. The number of pyridine rings is 1. The third kappa shape index (κ3) is 5.24. The molecule has 0 spiro atoms. The van der Waals surface area contributed by atoms with Gasteiger partial charge in [-0.15, -0.1) is 10.2 Å².